The molecule has 0 spiro atoms. The van der Waals surface area contributed by atoms with Crippen LogP contribution in [0.15, 0.2) is 36.9 Å². The van der Waals surface area contributed by atoms with Gasteiger partial charge in [0, 0.05) is 24.5 Å². The second kappa shape index (κ2) is 6.12. The minimum Gasteiger partial charge on any atom is -0.492 e. The van der Waals surface area contributed by atoms with E-state index < -0.39 is 0 Å². The van der Waals surface area contributed by atoms with Gasteiger partial charge >= 0.3 is 0 Å². The van der Waals surface area contributed by atoms with Gasteiger partial charge < -0.3 is 9.64 Å². The van der Waals surface area contributed by atoms with Gasteiger partial charge in [0.25, 0.3) is 0 Å². The van der Waals surface area contributed by atoms with Crippen LogP contribution in [-0.4, -0.2) is 42.1 Å². The van der Waals surface area contributed by atoms with Crippen molar-refractivity contribution in [2.75, 3.05) is 27.2 Å². The van der Waals surface area contributed by atoms with Crippen LogP contribution in [0.5, 0.6) is 5.75 Å². The lowest BCUT2D eigenvalue weighted by Crippen LogP contribution is -2.19. The van der Waals surface area contributed by atoms with Crippen molar-refractivity contribution in [3.05, 3.63) is 43.0 Å². The van der Waals surface area contributed by atoms with Crippen LogP contribution in [0.2, 0.25) is 0 Å². The van der Waals surface area contributed by atoms with Crippen molar-refractivity contribution in [3.63, 3.8) is 0 Å². The number of nitrogens with zero attached hydrogens (tertiary/aromatic N) is 3. The largest absolute Gasteiger partial charge is 0.492 e. The summed E-state index contributed by atoms with van der Waals surface area (Å²) in [6, 6.07) is 8.79. The van der Waals surface area contributed by atoms with Crippen molar-refractivity contribution in [3.8, 4) is 16.9 Å². The van der Waals surface area contributed by atoms with Crippen LogP contribution < -0.4 is 4.74 Å². The maximum Gasteiger partial charge on any atom is 0.120 e. The number of benzene rings is 1. The van der Waals surface area contributed by atoms with Gasteiger partial charge in [0.1, 0.15) is 18.7 Å². The molecular formula is C14H16N3O. The summed E-state index contributed by atoms with van der Waals surface area (Å²) in [7, 11) is 4.04. The third-order valence-corrected chi connectivity index (χ3v) is 2.46. The average molecular weight is 242 g/mol. The molecule has 0 aliphatic heterocycles. The highest BCUT2D eigenvalue weighted by Gasteiger charge is 2.01. The fraction of sp³-hybridized carbons (Fsp3) is 0.286. The standard InChI is InChI=1S/C14H16N3O/c1-17(2)6-7-18-14-5-3-4-12(8-14)13-9-15-11-16-10-13/h4-5,8-11H,6-7H2,1-2H3. The summed E-state index contributed by atoms with van der Waals surface area (Å²) in [6.07, 6.45) is 5.07. The van der Waals surface area contributed by atoms with Crippen LogP contribution in [0.25, 0.3) is 11.1 Å². The van der Waals surface area contributed by atoms with E-state index in [1.54, 1.807) is 12.4 Å². The Morgan fingerprint density at radius 3 is 2.67 bits per heavy atom. The van der Waals surface area contributed by atoms with E-state index in [1.807, 2.05) is 32.3 Å². The minimum absolute atomic E-state index is 0.662. The predicted octanol–water partition coefficient (Wildman–Crippen LogP) is 1.88. The van der Waals surface area contributed by atoms with Crippen molar-refractivity contribution in [2.45, 2.75) is 0 Å². The lowest BCUT2D eigenvalue weighted by Gasteiger charge is -2.11. The van der Waals surface area contributed by atoms with Crippen LogP contribution in [0.3, 0.4) is 0 Å². The molecule has 0 saturated carbocycles. The third kappa shape index (κ3) is 3.53. The molecule has 0 aliphatic rings. The normalized spacial score (nSPS) is 10.6. The Bertz CT molecular complexity index is 485. The Hall–Kier alpha value is -1.94. The SMILES string of the molecule is CN(C)CCOc1c[c]cc(-c2cncnc2)c1. The molecule has 0 bridgehead atoms. The predicted molar refractivity (Wildman–Crippen MR) is 70.4 cm³/mol. The summed E-state index contributed by atoms with van der Waals surface area (Å²) in [5, 5.41) is 0. The zero-order chi connectivity index (χ0) is 12.8. The molecule has 4 heteroatoms. The molecule has 0 fully saturated rings. The molecule has 2 rings (SSSR count). The van der Waals surface area contributed by atoms with Gasteiger partial charge in [-0.2, -0.15) is 0 Å². The summed E-state index contributed by atoms with van der Waals surface area (Å²) >= 11 is 0. The van der Waals surface area contributed by atoms with Crippen molar-refractivity contribution in [1.29, 1.82) is 0 Å². The van der Waals surface area contributed by atoms with E-state index in [-0.39, 0.29) is 0 Å². The Morgan fingerprint density at radius 2 is 1.94 bits per heavy atom. The van der Waals surface area contributed by atoms with E-state index in [4.69, 9.17) is 4.74 Å². The molecule has 93 valence electrons. The number of hydrogen-bond acceptors (Lipinski definition) is 4. The Morgan fingerprint density at radius 1 is 1.17 bits per heavy atom. The zero-order valence-corrected chi connectivity index (χ0v) is 10.6. The number of ether oxygens (including phenoxy) is 1. The molecular weight excluding hydrogens is 226 g/mol. The van der Waals surface area contributed by atoms with Gasteiger partial charge in [0.2, 0.25) is 0 Å². The van der Waals surface area contributed by atoms with Crippen molar-refractivity contribution in [1.82, 2.24) is 14.9 Å². The van der Waals surface area contributed by atoms with E-state index in [1.165, 1.54) is 6.33 Å². The van der Waals surface area contributed by atoms with Gasteiger partial charge in [0.05, 0.1) is 0 Å². The number of aromatic nitrogens is 2. The molecule has 1 heterocycles. The zero-order valence-electron chi connectivity index (χ0n) is 10.6. The fourth-order valence-electron chi connectivity index (χ4n) is 1.49. The molecule has 1 aromatic carbocycles. The summed E-state index contributed by atoms with van der Waals surface area (Å²) in [4.78, 5) is 10.1. The molecule has 0 saturated heterocycles. The first kappa shape index (κ1) is 12.5. The first-order valence-electron chi connectivity index (χ1n) is 5.80. The highest BCUT2D eigenvalue weighted by atomic mass is 16.5. The average Bonchev–Trinajstić information content (AvgIpc) is 2.40. The molecule has 0 N–H and O–H groups in total. The van der Waals surface area contributed by atoms with Crippen LogP contribution in [0, 0.1) is 6.07 Å². The molecule has 0 aliphatic carbocycles. The van der Waals surface area contributed by atoms with Gasteiger partial charge in [-0.15, -0.1) is 0 Å². The van der Waals surface area contributed by atoms with Crippen LogP contribution in [-0.2, 0) is 0 Å². The molecule has 4 nitrogen and oxygen atoms in total. The van der Waals surface area contributed by atoms with Gasteiger partial charge in [-0.3, -0.25) is 0 Å². The monoisotopic (exact) mass is 242 g/mol. The summed E-state index contributed by atoms with van der Waals surface area (Å²) in [5.41, 5.74) is 1.98. The molecule has 0 unspecified atom stereocenters. The fourth-order valence-corrected chi connectivity index (χ4v) is 1.49. The smallest absolute Gasteiger partial charge is 0.120 e. The van der Waals surface area contributed by atoms with E-state index in [9.17, 15) is 0 Å². The van der Waals surface area contributed by atoms with E-state index >= 15 is 0 Å². The second-order valence-electron chi connectivity index (χ2n) is 4.24. The van der Waals surface area contributed by atoms with E-state index in [0.717, 1.165) is 23.4 Å². The highest BCUT2D eigenvalue weighted by molar-refractivity contribution is 5.62. The molecule has 1 aromatic heterocycles. The highest BCUT2D eigenvalue weighted by Crippen LogP contribution is 2.22. The topological polar surface area (TPSA) is 38.2 Å². The lowest BCUT2D eigenvalue weighted by molar-refractivity contribution is 0.261. The van der Waals surface area contributed by atoms with E-state index in [2.05, 4.69) is 20.9 Å². The van der Waals surface area contributed by atoms with Crippen LogP contribution >= 0.6 is 0 Å². The Kier molecular flexibility index (Phi) is 4.25. The molecule has 0 atom stereocenters. The van der Waals surface area contributed by atoms with Crippen LogP contribution in [0.1, 0.15) is 0 Å². The van der Waals surface area contributed by atoms with Gasteiger partial charge in [-0.1, -0.05) is 0 Å². The Balaban J connectivity index is 2.06. The first-order chi connectivity index (χ1) is 8.75. The summed E-state index contributed by atoms with van der Waals surface area (Å²) < 4.78 is 5.67. The lowest BCUT2D eigenvalue weighted by atomic mass is 10.1. The number of likely N-dealkylation sites (N-methyl/N-ethyl adjacent to an activating group) is 1. The van der Waals surface area contributed by atoms with Gasteiger partial charge in [-0.05, 0) is 43.9 Å². The van der Waals surface area contributed by atoms with Gasteiger partial charge in [0.15, 0.2) is 0 Å². The van der Waals surface area contributed by atoms with Crippen LogP contribution in [0.4, 0.5) is 0 Å². The van der Waals surface area contributed by atoms with Crippen molar-refractivity contribution in [2.24, 2.45) is 0 Å². The molecule has 0 amide bonds. The maximum atomic E-state index is 5.67. The molecule has 2 aromatic rings. The van der Waals surface area contributed by atoms with Gasteiger partial charge in [-0.25, -0.2) is 9.97 Å². The number of rotatable bonds is 5. The first-order valence-corrected chi connectivity index (χ1v) is 5.80. The maximum absolute atomic E-state index is 5.67. The van der Waals surface area contributed by atoms with E-state index in [0.29, 0.717) is 6.61 Å². The quantitative estimate of drug-likeness (QED) is 0.802. The molecule has 18 heavy (non-hydrogen) atoms. The van der Waals surface area contributed by atoms with Crippen molar-refractivity contribution >= 4 is 0 Å². The van der Waals surface area contributed by atoms with Crippen molar-refractivity contribution < 1.29 is 4.74 Å². The Labute approximate surface area is 107 Å². The molecule has 1 radical (unpaired) electrons. The summed E-state index contributed by atoms with van der Waals surface area (Å²) in [5.74, 6) is 0.818. The second-order valence-corrected chi connectivity index (χ2v) is 4.24. The number of hydrogen-bond donors (Lipinski definition) is 0. The minimum atomic E-state index is 0.662. The third-order valence-electron chi connectivity index (χ3n) is 2.46. The summed E-state index contributed by atoms with van der Waals surface area (Å²) in [6.45, 7) is 1.55.